The van der Waals surface area contributed by atoms with Crippen LogP contribution in [0.15, 0.2) is 41.3 Å². The number of aromatic amines is 1. The Kier molecular flexibility index (Phi) is 4.03. The third kappa shape index (κ3) is 2.79. The second-order valence-corrected chi connectivity index (χ2v) is 4.78. The Labute approximate surface area is 118 Å². The zero-order valence-electron chi connectivity index (χ0n) is 11.9. The molecule has 0 spiro atoms. The number of pyridine rings is 1. The number of nitrogens with one attached hydrogen (secondary N) is 1. The molecule has 0 aliphatic heterocycles. The summed E-state index contributed by atoms with van der Waals surface area (Å²) < 4.78 is 0. The van der Waals surface area contributed by atoms with Crippen LogP contribution in [-0.2, 0) is 0 Å². The molecule has 1 aromatic heterocycles. The fourth-order valence-corrected chi connectivity index (χ4v) is 2.05. The summed E-state index contributed by atoms with van der Waals surface area (Å²) in [4.78, 5) is 28.9. The molecular formula is C16H18N2O2. The number of aryl methyl sites for hydroxylation is 2. The van der Waals surface area contributed by atoms with E-state index in [-0.39, 0.29) is 16.9 Å². The van der Waals surface area contributed by atoms with Gasteiger partial charge in [0.05, 0.1) is 0 Å². The highest BCUT2D eigenvalue weighted by molar-refractivity contribution is 6.05. The van der Waals surface area contributed by atoms with Crippen LogP contribution in [0.2, 0.25) is 0 Å². The van der Waals surface area contributed by atoms with E-state index in [0.717, 1.165) is 16.9 Å². The van der Waals surface area contributed by atoms with Gasteiger partial charge in [0.1, 0.15) is 5.56 Å². The van der Waals surface area contributed by atoms with Crippen molar-refractivity contribution in [2.45, 2.75) is 20.8 Å². The molecule has 4 heteroatoms. The molecule has 0 aliphatic carbocycles. The van der Waals surface area contributed by atoms with Gasteiger partial charge >= 0.3 is 0 Å². The van der Waals surface area contributed by atoms with E-state index in [0.29, 0.717) is 6.54 Å². The van der Waals surface area contributed by atoms with Crippen molar-refractivity contribution >= 4 is 11.6 Å². The number of carbonyl (C=O) groups excluding carboxylic acids is 1. The maximum absolute atomic E-state index is 12.5. The maximum Gasteiger partial charge on any atom is 0.263 e. The molecule has 104 valence electrons. The number of anilines is 1. The molecule has 20 heavy (non-hydrogen) atoms. The number of aromatic nitrogens is 1. The van der Waals surface area contributed by atoms with Gasteiger partial charge in [0.15, 0.2) is 5.43 Å². The second kappa shape index (κ2) is 5.74. The van der Waals surface area contributed by atoms with Crippen LogP contribution in [0, 0.1) is 13.8 Å². The standard InChI is InChI=1S/C16H18N2O2/c1-4-18(13-7-5-11(2)6-8-13)16(20)14-10-17-12(3)9-15(14)19/h5-10H,4H2,1-3H3,(H,17,19). The Balaban J connectivity index is 2.38. The number of amides is 1. The first-order valence-electron chi connectivity index (χ1n) is 6.60. The van der Waals surface area contributed by atoms with Crippen LogP contribution in [0.4, 0.5) is 5.69 Å². The number of hydrogen-bond acceptors (Lipinski definition) is 2. The van der Waals surface area contributed by atoms with Crippen LogP contribution in [-0.4, -0.2) is 17.4 Å². The predicted octanol–water partition coefficient (Wildman–Crippen LogP) is 2.66. The van der Waals surface area contributed by atoms with Gasteiger partial charge < -0.3 is 9.88 Å². The SMILES string of the molecule is CCN(C(=O)c1c[nH]c(C)cc1=O)c1ccc(C)cc1. The highest BCUT2D eigenvalue weighted by Crippen LogP contribution is 2.16. The summed E-state index contributed by atoms with van der Waals surface area (Å²) in [6.45, 7) is 6.18. The average molecular weight is 270 g/mol. The first-order chi connectivity index (χ1) is 9.52. The van der Waals surface area contributed by atoms with E-state index >= 15 is 0 Å². The Hall–Kier alpha value is -2.36. The van der Waals surface area contributed by atoms with Gasteiger partial charge in [-0.2, -0.15) is 0 Å². The molecule has 0 atom stereocenters. The molecule has 1 amide bonds. The lowest BCUT2D eigenvalue weighted by molar-refractivity contribution is 0.0987. The summed E-state index contributed by atoms with van der Waals surface area (Å²) in [5.41, 5.74) is 2.58. The third-order valence-corrected chi connectivity index (χ3v) is 3.19. The molecule has 1 heterocycles. The van der Waals surface area contributed by atoms with Crippen molar-refractivity contribution in [3.05, 3.63) is 63.6 Å². The lowest BCUT2D eigenvalue weighted by Gasteiger charge is -2.21. The molecule has 1 N–H and O–H groups in total. The van der Waals surface area contributed by atoms with Crippen molar-refractivity contribution in [3.8, 4) is 0 Å². The number of rotatable bonds is 3. The Morgan fingerprint density at radius 3 is 2.40 bits per heavy atom. The number of hydrogen-bond donors (Lipinski definition) is 1. The quantitative estimate of drug-likeness (QED) is 0.932. The van der Waals surface area contributed by atoms with Crippen molar-refractivity contribution in [1.82, 2.24) is 4.98 Å². The summed E-state index contributed by atoms with van der Waals surface area (Å²) >= 11 is 0. The van der Waals surface area contributed by atoms with Gasteiger partial charge in [0, 0.05) is 30.2 Å². The van der Waals surface area contributed by atoms with Crippen LogP contribution in [0.1, 0.15) is 28.5 Å². The van der Waals surface area contributed by atoms with Crippen molar-refractivity contribution in [2.24, 2.45) is 0 Å². The molecule has 1 aromatic carbocycles. The molecule has 2 rings (SSSR count). The molecule has 0 saturated heterocycles. The Bertz CT molecular complexity index is 672. The molecule has 0 radical (unpaired) electrons. The zero-order chi connectivity index (χ0) is 14.7. The smallest absolute Gasteiger partial charge is 0.263 e. The normalized spacial score (nSPS) is 10.3. The molecule has 0 saturated carbocycles. The van der Waals surface area contributed by atoms with Gasteiger partial charge in [-0.15, -0.1) is 0 Å². The van der Waals surface area contributed by atoms with E-state index in [1.165, 1.54) is 12.3 Å². The monoisotopic (exact) mass is 270 g/mol. The lowest BCUT2D eigenvalue weighted by atomic mass is 10.1. The Morgan fingerprint density at radius 2 is 1.85 bits per heavy atom. The molecule has 0 bridgehead atoms. The summed E-state index contributed by atoms with van der Waals surface area (Å²) in [5, 5.41) is 0. The van der Waals surface area contributed by atoms with E-state index in [1.54, 1.807) is 11.8 Å². The number of carbonyl (C=O) groups is 1. The van der Waals surface area contributed by atoms with Crippen LogP contribution in [0.25, 0.3) is 0 Å². The van der Waals surface area contributed by atoms with Crippen molar-refractivity contribution in [3.63, 3.8) is 0 Å². The van der Waals surface area contributed by atoms with Crippen LogP contribution >= 0.6 is 0 Å². The van der Waals surface area contributed by atoms with E-state index in [9.17, 15) is 9.59 Å². The van der Waals surface area contributed by atoms with E-state index in [4.69, 9.17) is 0 Å². The van der Waals surface area contributed by atoms with Gasteiger partial charge in [0.25, 0.3) is 5.91 Å². The van der Waals surface area contributed by atoms with Gasteiger partial charge in [-0.3, -0.25) is 9.59 Å². The molecule has 2 aromatic rings. The zero-order valence-corrected chi connectivity index (χ0v) is 11.9. The molecular weight excluding hydrogens is 252 g/mol. The first kappa shape index (κ1) is 14.1. The fourth-order valence-electron chi connectivity index (χ4n) is 2.05. The summed E-state index contributed by atoms with van der Waals surface area (Å²) in [6, 6.07) is 9.11. The molecule has 4 nitrogen and oxygen atoms in total. The van der Waals surface area contributed by atoms with Crippen molar-refractivity contribution in [1.29, 1.82) is 0 Å². The van der Waals surface area contributed by atoms with Crippen molar-refractivity contribution in [2.75, 3.05) is 11.4 Å². The van der Waals surface area contributed by atoms with Gasteiger partial charge in [-0.1, -0.05) is 17.7 Å². The van der Waals surface area contributed by atoms with Gasteiger partial charge in [-0.25, -0.2) is 0 Å². The minimum absolute atomic E-state index is 0.165. The molecule has 0 fully saturated rings. The number of H-pyrrole nitrogens is 1. The lowest BCUT2D eigenvalue weighted by Crippen LogP contribution is -2.34. The van der Waals surface area contributed by atoms with E-state index in [1.807, 2.05) is 38.1 Å². The van der Waals surface area contributed by atoms with Crippen LogP contribution in [0.5, 0.6) is 0 Å². The van der Waals surface area contributed by atoms with E-state index in [2.05, 4.69) is 4.98 Å². The highest BCUT2D eigenvalue weighted by Gasteiger charge is 2.18. The number of nitrogens with zero attached hydrogens (tertiary/aromatic N) is 1. The van der Waals surface area contributed by atoms with Crippen LogP contribution in [0.3, 0.4) is 0 Å². The first-order valence-corrected chi connectivity index (χ1v) is 6.60. The average Bonchev–Trinajstić information content (AvgIpc) is 2.41. The molecule has 0 aliphatic rings. The number of benzene rings is 1. The van der Waals surface area contributed by atoms with Gasteiger partial charge in [-0.05, 0) is 32.9 Å². The highest BCUT2D eigenvalue weighted by atomic mass is 16.2. The summed E-state index contributed by atoms with van der Waals surface area (Å²) in [6.07, 6.45) is 1.48. The van der Waals surface area contributed by atoms with Crippen molar-refractivity contribution < 1.29 is 4.79 Å². The Morgan fingerprint density at radius 1 is 1.20 bits per heavy atom. The maximum atomic E-state index is 12.5. The van der Waals surface area contributed by atoms with E-state index < -0.39 is 0 Å². The fraction of sp³-hybridized carbons (Fsp3) is 0.250. The second-order valence-electron chi connectivity index (χ2n) is 4.78. The minimum Gasteiger partial charge on any atom is -0.364 e. The third-order valence-electron chi connectivity index (χ3n) is 3.19. The summed E-state index contributed by atoms with van der Waals surface area (Å²) in [5.74, 6) is -0.280. The predicted molar refractivity (Wildman–Crippen MR) is 80.3 cm³/mol. The topological polar surface area (TPSA) is 53.2 Å². The summed E-state index contributed by atoms with van der Waals surface area (Å²) in [7, 11) is 0. The minimum atomic E-state index is -0.280. The largest absolute Gasteiger partial charge is 0.364 e. The van der Waals surface area contributed by atoms with Crippen LogP contribution < -0.4 is 10.3 Å². The van der Waals surface area contributed by atoms with Gasteiger partial charge in [0.2, 0.25) is 0 Å². The molecule has 0 unspecified atom stereocenters.